The third-order valence-corrected chi connectivity index (χ3v) is 3.42. The Morgan fingerprint density at radius 1 is 1.53 bits per heavy atom. The maximum absolute atomic E-state index is 11.8. The number of nitrogens with two attached hydrogens (primary N) is 1. The van der Waals surface area contributed by atoms with Crippen LogP contribution in [0.1, 0.15) is 17.3 Å². The normalized spacial score (nSPS) is 12.5. The minimum atomic E-state index is -0.0992. The van der Waals surface area contributed by atoms with Crippen molar-refractivity contribution >= 4 is 27.5 Å². The van der Waals surface area contributed by atoms with E-state index >= 15 is 0 Å². The third kappa shape index (κ3) is 4.02. The summed E-state index contributed by atoms with van der Waals surface area (Å²) in [5.41, 5.74) is 6.88. The highest BCUT2D eigenvalue weighted by atomic mass is 79.9. The van der Waals surface area contributed by atoms with Crippen LogP contribution in [0.2, 0.25) is 0 Å². The summed E-state index contributed by atoms with van der Waals surface area (Å²) in [6.45, 7) is 2.66. The molecule has 0 spiro atoms. The van der Waals surface area contributed by atoms with Gasteiger partial charge in [-0.05, 0) is 55.1 Å². The highest BCUT2D eigenvalue weighted by Crippen LogP contribution is 2.20. The lowest BCUT2D eigenvalue weighted by Gasteiger charge is -2.20. The fourth-order valence-electron chi connectivity index (χ4n) is 1.21. The van der Waals surface area contributed by atoms with Crippen molar-refractivity contribution in [3.8, 4) is 0 Å². The standard InChI is InChI=1S/C12H18BrN3O/c1-8(16(2)3)7-15-12(17)9-4-5-10(13)11(14)6-9/h4-6,8H,7,14H2,1-3H3,(H,15,17). The first-order valence-corrected chi connectivity index (χ1v) is 6.20. The molecule has 1 atom stereocenters. The van der Waals surface area contributed by atoms with Crippen LogP contribution in [-0.4, -0.2) is 37.5 Å². The molecule has 0 saturated carbocycles. The van der Waals surface area contributed by atoms with Gasteiger partial charge in [-0.3, -0.25) is 4.79 Å². The molecule has 1 aromatic carbocycles. The van der Waals surface area contributed by atoms with Gasteiger partial charge in [0.2, 0.25) is 0 Å². The number of halogens is 1. The zero-order valence-corrected chi connectivity index (χ0v) is 11.9. The Morgan fingerprint density at radius 3 is 2.71 bits per heavy atom. The van der Waals surface area contributed by atoms with Crippen LogP contribution >= 0.6 is 15.9 Å². The van der Waals surface area contributed by atoms with Gasteiger partial charge in [-0.2, -0.15) is 0 Å². The molecular formula is C12H18BrN3O. The van der Waals surface area contributed by atoms with Crippen molar-refractivity contribution in [3.63, 3.8) is 0 Å². The third-order valence-electron chi connectivity index (χ3n) is 2.70. The summed E-state index contributed by atoms with van der Waals surface area (Å²) < 4.78 is 0.802. The predicted molar refractivity (Wildman–Crippen MR) is 74.0 cm³/mol. The van der Waals surface area contributed by atoms with E-state index in [1.165, 1.54) is 0 Å². The number of anilines is 1. The number of carbonyl (C=O) groups is 1. The zero-order chi connectivity index (χ0) is 13.0. The molecule has 0 aromatic heterocycles. The minimum Gasteiger partial charge on any atom is -0.398 e. The average molecular weight is 300 g/mol. The molecule has 5 heteroatoms. The van der Waals surface area contributed by atoms with Crippen molar-refractivity contribution in [2.24, 2.45) is 0 Å². The molecule has 17 heavy (non-hydrogen) atoms. The number of benzene rings is 1. The molecule has 1 rings (SSSR count). The molecule has 3 N–H and O–H groups in total. The topological polar surface area (TPSA) is 58.4 Å². The van der Waals surface area contributed by atoms with E-state index in [1.807, 2.05) is 14.1 Å². The maximum atomic E-state index is 11.8. The number of amides is 1. The van der Waals surface area contributed by atoms with Gasteiger partial charge in [0.05, 0.1) is 0 Å². The second kappa shape index (κ2) is 6.02. The van der Waals surface area contributed by atoms with E-state index in [2.05, 4.69) is 33.1 Å². The molecule has 0 aliphatic heterocycles. The summed E-state index contributed by atoms with van der Waals surface area (Å²) in [6.07, 6.45) is 0. The lowest BCUT2D eigenvalue weighted by atomic mass is 10.2. The van der Waals surface area contributed by atoms with Crippen molar-refractivity contribution in [1.29, 1.82) is 0 Å². The molecule has 0 fully saturated rings. The second-order valence-corrected chi connectivity index (χ2v) is 5.11. The predicted octanol–water partition coefficient (Wildman–Crippen LogP) is 1.71. The first-order chi connectivity index (χ1) is 7.91. The summed E-state index contributed by atoms with van der Waals surface area (Å²) in [6, 6.07) is 5.49. The number of hydrogen-bond donors (Lipinski definition) is 2. The Morgan fingerprint density at radius 2 is 2.18 bits per heavy atom. The number of carbonyl (C=O) groups excluding carboxylic acids is 1. The second-order valence-electron chi connectivity index (χ2n) is 4.26. The van der Waals surface area contributed by atoms with E-state index in [1.54, 1.807) is 18.2 Å². The van der Waals surface area contributed by atoms with Gasteiger partial charge in [-0.1, -0.05) is 0 Å². The molecule has 1 unspecified atom stereocenters. The number of rotatable bonds is 4. The quantitative estimate of drug-likeness (QED) is 0.832. The first-order valence-electron chi connectivity index (χ1n) is 5.41. The molecule has 0 saturated heterocycles. The van der Waals surface area contributed by atoms with Crippen molar-refractivity contribution in [1.82, 2.24) is 10.2 Å². The van der Waals surface area contributed by atoms with Crippen LogP contribution in [0, 0.1) is 0 Å². The van der Waals surface area contributed by atoms with Gasteiger partial charge in [0.15, 0.2) is 0 Å². The smallest absolute Gasteiger partial charge is 0.251 e. The van der Waals surface area contributed by atoms with Crippen molar-refractivity contribution < 1.29 is 4.79 Å². The lowest BCUT2D eigenvalue weighted by molar-refractivity contribution is 0.0943. The molecule has 4 nitrogen and oxygen atoms in total. The van der Waals surface area contributed by atoms with E-state index in [4.69, 9.17) is 5.73 Å². The highest BCUT2D eigenvalue weighted by Gasteiger charge is 2.10. The fraction of sp³-hybridized carbons (Fsp3) is 0.417. The molecular weight excluding hydrogens is 282 g/mol. The van der Waals surface area contributed by atoms with Crippen LogP contribution in [0.5, 0.6) is 0 Å². The molecule has 0 bridgehead atoms. The van der Waals surface area contributed by atoms with Crippen molar-refractivity contribution in [3.05, 3.63) is 28.2 Å². The van der Waals surface area contributed by atoms with E-state index in [0.29, 0.717) is 23.8 Å². The Balaban J connectivity index is 2.61. The van der Waals surface area contributed by atoms with Crippen LogP contribution in [0.4, 0.5) is 5.69 Å². The van der Waals surface area contributed by atoms with Gasteiger partial charge in [0, 0.05) is 28.3 Å². The molecule has 0 heterocycles. The number of hydrogen-bond acceptors (Lipinski definition) is 3. The maximum Gasteiger partial charge on any atom is 0.251 e. The molecule has 0 aliphatic carbocycles. The van der Waals surface area contributed by atoms with Gasteiger partial charge >= 0.3 is 0 Å². The Kier molecular flexibility index (Phi) is 4.96. The number of nitrogens with one attached hydrogen (secondary N) is 1. The van der Waals surface area contributed by atoms with E-state index < -0.39 is 0 Å². The van der Waals surface area contributed by atoms with Gasteiger partial charge in [-0.25, -0.2) is 0 Å². The lowest BCUT2D eigenvalue weighted by Crippen LogP contribution is -2.38. The summed E-state index contributed by atoms with van der Waals surface area (Å²) in [4.78, 5) is 13.9. The van der Waals surface area contributed by atoms with Crippen LogP contribution in [-0.2, 0) is 0 Å². The average Bonchev–Trinajstić information content (AvgIpc) is 2.28. The SMILES string of the molecule is CC(CNC(=O)c1ccc(Br)c(N)c1)N(C)C. The Hall–Kier alpha value is -1.07. The summed E-state index contributed by atoms with van der Waals surface area (Å²) in [5, 5.41) is 2.88. The van der Waals surface area contributed by atoms with Crippen LogP contribution in [0.25, 0.3) is 0 Å². The van der Waals surface area contributed by atoms with E-state index in [0.717, 1.165) is 4.47 Å². The summed E-state index contributed by atoms with van der Waals surface area (Å²) >= 11 is 3.30. The van der Waals surface area contributed by atoms with Gasteiger partial charge in [0.25, 0.3) is 5.91 Å². The zero-order valence-electron chi connectivity index (χ0n) is 10.3. The van der Waals surface area contributed by atoms with E-state index in [9.17, 15) is 4.79 Å². The monoisotopic (exact) mass is 299 g/mol. The van der Waals surface area contributed by atoms with Crippen molar-refractivity contribution in [2.45, 2.75) is 13.0 Å². The Bertz CT molecular complexity index is 407. The van der Waals surface area contributed by atoms with Crippen LogP contribution in [0.3, 0.4) is 0 Å². The molecule has 0 aliphatic rings. The van der Waals surface area contributed by atoms with Gasteiger partial charge in [0.1, 0.15) is 0 Å². The molecule has 94 valence electrons. The Labute approximate surface area is 110 Å². The van der Waals surface area contributed by atoms with Gasteiger partial charge < -0.3 is 16.0 Å². The molecule has 1 aromatic rings. The van der Waals surface area contributed by atoms with Crippen LogP contribution in [0.15, 0.2) is 22.7 Å². The number of nitrogen functional groups attached to an aromatic ring is 1. The van der Waals surface area contributed by atoms with E-state index in [-0.39, 0.29) is 5.91 Å². The number of nitrogens with zero attached hydrogens (tertiary/aromatic N) is 1. The minimum absolute atomic E-state index is 0.0992. The molecule has 0 radical (unpaired) electrons. The van der Waals surface area contributed by atoms with Gasteiger partial charge in [-0.15, -0.1) is 0 Å². The first kappa shape index (κ1) is 14.0. The summed E-state index contributed by atoms with van der Waals surface area (Å²) in [5.74, 6) is -0.0992. The number of likely N-dealkylation sites (N-methyl/N-ethyl adjacent to an activating group) is 1. The van der Waals surface area contributed by atoms with Crippen molar-refractivity contribution in [2.75, 3.05) is 26.4 Å². The summed E-state index contributed by atoms with van der Waals surface area (Å²) in [7, 11) is 3.96. The highest BCUT2D eigenvalue weighted by molar-refractivity contribution is 9.10. The molecule has 1 amide bonds. The van der Waals surface area contributed by atoms with Crippen LogP contribution < -0.4 is 11.1 Å². The fourth-order valence-corrected chi connectivity index (χ4v) is 1.46. The largest absolute Gasteiger partial charge is 0.398 e.